The van der Waals surface area contributed by atoms with Crippen molar-refractivity contribution in [3.63, 3.8) is 0 Å². The maximum atomic E-state index is 12.0. The highest BCUT2D eigenvalue weighted by molar-refractivity contribution is 5.78. The van der Waals surface area contributed by atoms with Gasteiger partial charge in [-0.1, -0.05) is 25.5 Å². The summed E-state index contributed by atoms with van der Waals surface area (Å²) in [7, 11) is 0. The molecule has 0 aliphatic carbocycles. The van der Waals surface area contributed by atoms with Crippen LogP contribution in [0.4, 0.5) is 0 Å². The summed E-state index contributed by atoms with van der Waals surface area (Å²) in [6.45, 7) is 13.0. The number of carbonyl (C=O) groups excluding carboxylic acids is 1. The average molecular weight is 298 g/mol. The van der Waals surface area contributed by atoms with Crippen LogP contribution in [0.2, 0.25) is 0 Å². The molecule has 21 heavy (non-hydrogen) atoms. The van der Waals surface area contributed by atoms with E-state index >= 15 is 0 Å². The van der Waals surface area contributed by atoms with E-state index in [1.165, 1.54) is 0 Å². The van der Waals surface area contributed by atoms with E-state index in [-0.39, 0.29) is 17.9 Å². The van der Waals surface area contributed by atoms with E-state index in [0.717, 1.165) is 18.4 Å². The molecule has 0 aliphatic heterocycles. The van der Waals surface area contributed by atoms with Crippen LogP contribution in [0.5, 0.6) is 0 Å². The number of likely N-dealkylation sites (N-methyl/N-ethyl adjacent to an activating group) is 1. The molecule has 0 bridgehead atoms. The largest absolute Gasteiger partial charge is 0.481 e. The van der Waals surface area contributed by atoms with Crippen LogP contribution in [0.1, 0.15) is 47.0 Å². The van der Waals surface area contributed by atoms with Gasteiger partial charge in [0.15, 0.2) is 0 Å². The highest BCUT2D eigenvalue weighted by Gasteiger charge is 2.14. The van der Waals surface area contributed by atoms with Gasteiger partial charge in [0.2, 0.25) is 5.91 Å². The number of hydrogen-bond acceptors (Lipinski definition) is 3. The molecule has 122 valence electrons. The fraction of sp³-hybridized carbons (Fsp3) is 0.750. The van der Waals surface area contributed by atoms with Gasteiger partial charge in [-0.15, -0.1) is 0 Å². The van der Waals surface area contributed by atoms with Crippen molar-refractivity contribution in [3.8, 4) is 0 Å². The van der Waals surface area contributed by atoms with Crippen molar-refractivity contribution >= 4 is 11.9 Å². The summed E-state index contributed by atoms with van der Waals surface area (Å²) in [5, 5.41) is 12.0. The van der Waals surface area contributed by atoms with Crippen molar-refractivity contribution in [2.45, 2.75) is 53.0 Å². The molecule has 0 aromatic rings. The molecule has 1 amide bonds. The minimum absolute atomic E-state index is 0.0752. The Kier molecular flexibility index (Phi) is 9.71. The quantitative estimate of drug-likeness (QED) is 0.574. The summed E-state index contributed by atoms with van der Waals surface area (Å²) in [5.74, 6) is -0.972. The Morgan fingerprint density at radius 2 is 1.90 bits per heavy atom. The van der Waals surface area contributed by atoms with Crippen LogP contribution < -0.4 is 5.32 Å². The van der Waals surface area contributed by atoms with E-state index in [1.54, 1.807) is 11.8 Å². The second kappa shape index (κ2) is 10.4. The number of amides is 1. The van der Waals surface area contributed by atoms with Gasteiger partial charge in [0.1, 0.15) is 0 Å². The molecule has 5 nitrogen and oxygen atoms in total. The van der Waals surface area contributed by atoms with Gasteiger partial charge in [-0.25, -0.2) is 0 Å². The standard InChI is InChI=1S/C16H30N2O3/c1-6-18(11-12(2)3)15(19)10-17-14(5)9-7-8-13(4)16(20)21/h13-14,17H,2,6-11H2,1,3-5H3,(H,20,21). The van der Waals surface area contributed by atoms with Gasteiger partial charge < -0.3 is 15.3 Å². The van der Waals surface area contributed by atoms with Crippen molar-refractivity contribution in [1.82, 2.24) is 10.2 Å². The molecule has 0 spiro atoms. The number of carbonyl (C=O) groups is 2. The minimum Gasteiger partial charge on any atom is -0.481 e. The summed E-state index contributed by atoms with van der Waals surface area (Å²) in [6.07, 6.45) is 2.39. The van der Waals surface area contributed by atoms with Crippen LogP contribution in [0, 0.1) is 5.92 Å². The molecule has 0 fully saturated rings. The van der Waals surface area contributed by atoms with Gasteiger partial charge in [-0.2, -0.15) is 0 Å². The summed E-state index contributed by atoms with van der Waals surface area (Å²) < 4.78 is 0. The number of rotatable bonds is 11. The SMILES string of the molecule is C=C(C)CN(CC)C(=O)CNC(C)CCCC(C)C(=O)O. The molecule has 0 aromatic carbocycles. The van der Waals surface area contributed by atoms with E-state index < -0.39 is 5.97 Å². The molecule has 0 rings (SSSR count). The van der Waals surface area contributed by atoms with Crippen molar-refractivity contribution in [1.29, 1.82) is 0 Å². The minimum atomic E-state index is -0.746. The summed E-state index contributed by atoms with van der Waals surface area (Å²) in [6, 6.07) is 0.207. The molecule has 2 unspecified atom stereocenters. The van der Waals surface area contributed by atoms with Gasteiger partial charge in [-0.3, -0.25) is 9.59 Å². The molecule has 0 heterocycles. The van der Waals surface area contributed by atoms with Crippen LogP contribution in [0.15, 0.2) is 12.2 Å². The van der Waals surface area contributed by atoms with Crippen molar-refractivity contribution in [2.24, 2.45) is 5.92 Å². The first-order chi connectivity index (χ1) is 9.77. The zero-order valence-corrected chi connectivity index (χ0v) is 13.8. The Morgan fingerprint density at radius 3 is 2.38 bits per heavy atom. The Morgan fingerprint density at radius 1 is 1.29 bits per heavy atom. The monoisotopic (exact) mass is 298 g/mol. The first kappa shape index (κ1) is 19.6. The van der Waals surface area contributed by atoms with Crippen LogP contribution in [0.3, 0.4) is 0 Å². The number of carboxylic acids is 1. The van der Waals surface area contributed by atoms with E-state index in [4.69, 9.17) is 5.11 Å². The molecular formula is C16H30N2O3. The second-order valence-electron chi connectivity index (χ2n) is 5.82. The Bertz CT molecular complexity index is 355. The lowest BCUT2D eigenvalue weighted by Gasteiger charge is -2.22. The lowest BCUT2D eigenvalue weighted by Crippen LogP contribution is -2.41. The smallest absolute Gasteiger partial charge is 0.306 e. The van der Waals surface area contributed by atoms with E-state index in [0.29, 0.717) is 26.1 Å². The van der Waals surface area contributed by atoms with E-state index in [2.05, 4.69) is 11.9 Å². The number of nitrogens with zero attached hydrogens (tertiary/aromatic N) is 1. The Hall–Kier alpha value is -1.36. The molecular weight excluding hydrogens is 268 g/mol. The Balaban J connectivity index is 3.95. The Labute approximate surface area is 128 Å². The summed E-state index contributed by atoms with van der Waals surface area (Å²) in [4.78, 5) is 24.5. The fourth-order valence-corrected chi connectivity index (χ4v) is 2.03. The zero-order valence-electron chi connectivity index (χ0n) is 13.8. The maximum absolute atomic E-state index is 12.0. The van der Waals surface area contributed by atoms with E-state index in [9.17, 15) is 9.59 Å². The van der Waals surface area contributed by atoms with Gasteiger partial charge >= 0.3 is 5.97 Å². The highest BCUT2D eigenvalue weighted by Crippen LogP contribution is 2.09. The summed E-state index contributed by atoms with van der Waals surface area (Å²) >= 11 is 0. The topological polar surface area (TPSA) is 69.6 Å². The molecule has 2 atom stereocenters. The predicted molar refractivity (Wildman–Crippen MR) is 85.2 cm³/mol. The fourth-order valence-electron chi connectivity index (χ4n) is 2.03. The van der Waals surface area contributed by atoms with Crippen LogP contribution in [0.25, 0.3) is 0 Å². The van der Waals surface area contributed by atoms with Crippen molar-refractivity contribution in [3.05, 3.63) is 12.2 Å². The normalized spacial score (nSPS) is 13.5. The van der Waals surface area contributed by atoms with Gasteiger partial charge in [0, 0.05) is 19.1 Å². The second-order valence-corrected chi connectivity index (χ2v) is 5.82. The van der Waals surface area contributed by atoms with E-state index in [1.807, 2.05) is 20.8 Å². The summed E-state index contributed by atoms with van der Waals surface area (Å²) in [5.41, 5.74) is 0.973. The molecule has 0 aromatic heterocycles. The van der Waals surface area contributed by atoms with Gasteiger partial charge in [0.25, 0.3) is 0 Å². The molecule has 2 N–H and O–H groups in total. The third-order valence-corrected chi connectivity index (χ3v) is 3.49. The van der Waals surface area contributed by atoms with Crippen molar-refractivity contribution in [2.75, 3.05) is 19.6 Å². The number of nitrogens with one attached hydrogen (secondary N) is 1. The molecule has 0 saturated heterocycles. The maximum Gasteiger partial charge on any atom is 0.306 e. The molecule has 5 heteroatoms. The number of carboxylic acid groups (broad SMARTS) is 1. The molecule has 0 aliphatic rings. The van der Waals surface area contributed by atoms with Crippen LogP contribution >= 0.6 is 0 Å². The molecule has 0 radical (unpaired) electrons. The van der Waals surface area contributed by atoms with Gasteiger partial charge in [0.05, 0.1) is 12.5 Å². The zero-order chi connectivity index (χ0) is 16.4. The first-order valence-electron chi connectivity index (χ1n) is 7.66. The van der Waals surface area contributed by atoms with Crippen molar-refractivity contribution < 1.29 is 14.7 Å². The lowest BCUT2D eigenvalue weighted by atomic mass is 10.0. The highest BCUT2D eigenvalue weighted by atomic mass is 16.4. The number of aliphatic carboxylic acids is 1. The molecule has 0 saturated carbocycles. The number of hydrogen-bond donors (Lipinski definition) is 2. The first-order valence-corrected chi connectivity index (χ1v) is 7.66. The van der Waals surface area contributed by atoms with Gasteiger partial charge in [-0.05, 0) is 33.6 Å². The third-order valence-electron chi connectivity index (χ3n) is 3.49. The van der Waals surface area contributed by atoms with Crippen LogP contribution in [-0.4, -0.2) is 47.6 Å². The average Bonchev–Trinajstić information content (AvgIpc) is 2.41. The third kappa shape index (κ3) is 9.24. The van der Waals surface area contributed by atoms with Crippen LogP contribution in [-0.2, 0) is 9.59 Å². The predicted octanol–water partition coefficient (Wildman–Crippen LogP) is 2.28. The lowest BCUT2D eigenvalue weighted by molar-refractivity contribution is -0.141.